The van der Waals surface area contributed by atoms with Gasteiger partial charge in [0.05, 0.1) is 12.0 Å². The first kappa shape index (κ1) is 14.9. The van der Waals surface area contributed by atoms with E-state index in [4.69, 9.17) is 11.6 Å². The van der Waals surface area contributed by atoms with Crippen LogP contribution in [0.3, 0.4) is 0 Å². The van der Waals surface area contributed by atoms with Gasteiger partial charge in [0.1, 0.15) is 0 Å². The molecule has 2 atom stereocenters. The molecular weight excluding hydrogens is 278 g/mol. The lowest BCUT2D eigenvalue weighted by molar-refractivity contribution is -0.152. The summed E-state index contributed by atoms with van der Waals surface area (Å²) in [4.78, 5) is 25.3. The van der Waals surface area contributed by atoms with E-state index in [0.717, 1.165) is 12.0 Å². The standard InChI is InChI=1S/C15H18ClNO3/c1-2-9-17-13(18)8-7-11(15(19)20)14(17)10-5-3-4-6-12(10)16/h3-6,11,14H,2,7-9H2,1H3,(H,19,20). The van der Waals surface area contributed by atoms with Gasteiger partial charge in [-0.05, 0) is 24.5 Å². The SMILES string of the molecule is CCCN1C(=O)CCC(C(=O)O)C1c1ccccc1Cl. The lowest BCUT2D eigenvalue weighted by Gasteiger charge is -2.40. The van der Waals surface area contributed by atoms with E-state index in [1.54, 1.807) is 17.0 Å². The van der Waals surface area contributed by atoms with Gasteiger partial charge in [0, 0.05) is 18.0 Å². The molecule has 2 unspecified atom stereocenters. The minimum atomic E-state index is -0.872. The first-order valence-corrected chi connectivity index (χ1v) is 7.20. The van der Waals surface area contributed by atoms with Crippen LogP contribution in [0.2, 0.25) is 5.02 Å². The van der Waals surface area contributed by atoms with E-state index < -0.39 is 17.9 Å². The third-order valence-corrected chi connectivity index (χ3v) is 4.06. The van der Waals surface area contributed by atoms with Gasteiger partial charge in [-0.1, -0.05) is 36.7 Å². The number of carbonyl (C=O) groups excluding carboxylic acids is 1. The molecule has 20 heavy (non-hydrogen) atoms. The highest BCUT2D eigenvalue weighted by molar-refractivity contribution is 6.31. The van der Waals surface area contributed by atoms with Crippen molar-refractivity contribution in [2.75, 3.05) is 6.54 Å². The van der Waals surface area contributed by atoms with Gasteiger partial charge < -0.3 is 10.0 Å². The van der Waals surface area contributed by atoms with Gasteiger partial charge in [-0.3, -0.25) is 9.59 Å². The first-order chi connectivity index (χ1) is 9.56. The molecule has 1 aromatic carbocycles. The van der Waals surface area contributed by atoms with Crippen molar-refractivity contribution in [1.82, 2.24) is 4.90 Å². The Kier molecular flexibility index (Phi) is 4.65. The van der Waals surface area contributed by atoms with Gasteiger partial charge in [0.15, 0.2) is 0 Å². The zero-order valence-corrected chi connectivity index (χ0v) is 12.1. The van der Waals surface area contributed by atoms with Gasteiger partial charge in [-0.25, -0.2) is 0 Å². The van der Waals surface area contributed by atoms with E-state index in [1.807, 2.05) is 19.1 Å². The van der Waals surface area contributed by atoms with Crippen LogP contribution < -0.4 is 0 Å². The molecule has 0 bridgehead atoms. The summed E-state index contributed by atoms with van der Waals surface area (Å²) >= 11 is 6.21. The molecule has 1 aliphatic heterocycles. The summed E-state index contributed by atoms with van der Waals surface area (Å²) in [6, 6.07) is 6.70. The number of halogens is 1. The van der Waals surface area contributed by atoms with Crippen LogP contribution >= 0.6 is 11.6 Å². The van der Waals surface area contributed by atoms with Crippen LogP contribution in [-0.2, 0) is 9.59 Å². The third-order valence-electron chi connectivity index (χ3n) is 3.71. The van der Waals surface area contributed by atoms with Crippen LogP contribution in [0.1, 0.15) is 37.8 Å². The van der Waals surface area contributed by atoms with Crippen molar-refractivity contribution in [3.05, 3.63) is 34.9 Å². The number of aliphatic carboxylic acids is 1. The molecule has 0 saturated carbocycles. The third kappa shape index (κ3) is 2.80. The molecule has 1 N–H and O–H groups in total. The highest BCUT2D eigenvalue weighted by Gasteiger charge is 2.40. The zero-order valence-electron chi connectivity index (χ0n) is 11.4. The number of carboxylic acids is 1. The average molecular weight is 296 g/mol. The van der Waals surface area contributed by atoms with Crippen LogP contribution in [0, 0.1) is 5.92 Å². The Morgan fingerprint density at radius 3 is 2.75 bits per heavy atom. The van der Waals surface area contributed by atoms with E-state index in [-0.39, 0.29) is 12.3 Å². The quantitative estimate of drug-likeness (QED) is 0.928. The summed E-state index contributed by atoms with van der Waals surface area (Å²) in [5.74, 6) is -1.46. The molecule has 2 rings (SSSR count). The molecule has 1 aromatic rings. The average Bonchev–Trinajstić information content (AvgIpc) is 2.41. The lowest BCUT2D eigenvalue weighted by Crippen LogP contribution is -2.45. The van der Waals surface area contributed by atoms with Crippen molar-refractivity contribution in [3.8, 4) is 0 Å². The van der Waals surface area contributed by atoms with E-state index >= 15 is 0 Å². The second kappa shape index (κ2) is 6.27. The van der Waals surface area contributed by atoms with Crippen LogP contribution in [0.4, 0.5) is 0 Å². The smallest absolute Gasteiger partial charge is 0.308 e. The Morgan fingerprint density at radius 1 is 1.45 bits per heavy atom. The fraction of sp³-hybridized carbons (Fsp3) is 0.467. The van der Waals surface area contributed by atoms with Gasteiger partial charge in [0.25, 0.3) is 0 Å². The van der Waals surface area contributed by atoms with Crippen molar-refractivity contribution in [1.29, 1.82) is 0 Å². The second-order valence-corrected chi connectivity index (χ2v) is 5.44. The van der Waals surface area contributed by atoms with Crippen molar-refractivity contribution in [2.45, 2.75) is 32.2 Å². The van der Waals surface area contributed by atoms with Gasteiger partial charge in [-0.2, -0.15) is 0 Å². The minimum absolute atomic E-state index is 0.00858. The molecule has 1 amide bonds. The molecule has 1 saturated heterocycles. The summed E-state index contributed by atoms with van der Waals surface area (Å²) in [6.45, 7) is 2.53. The largest absolute Gasteiger partial charge is 0.481 e. The summed E-state index contributed by atoms with van der Waals surface area (Å²) in [5, 5.41) is 9.97. The maximum atomic E-state index is 12.1. The monoisotopic (exact) mass is 295 g/mol. The molecule has 1 fully saturated rings. The second-order valence-electron chi connectivity index (χ2n) is 5.04. The summed E-state index contributed by atoms with van der Waals surface area (Å²) in [7, 11) is 0. The number of hydrogen-bond acceptors (Lipinski definition) is 2. The molecular formula is C15H18ClNO3. The van der Waals surface area contributed by atoms with Gasteiger partial charge in [0.2, 0.25) is 5.91 Å². The number of rotatable bonds is 4. The minimum Gasteiger partial charge on any atom is -0.481 e. The maximum absolute atomic E-state index is 12.1. The summed E-state index contributed by atoms with van der Waals surface area (Å²) < 4.78 is 0. The summed E-state index contributed by atoms with van der Waals surface area (Å²) in [5.41, 5.74) is 0.725. The molecule has 0 spiro atoms. The van der Waals surface area contributed by atoms with Gasteiger partial charge in [-0.15, -0.1) is 0 Å². The highest BCUT2D eigenvalue weighted by atomic mass is 35.5. The van der Waals surface area contributed by atoms with E-state index in [1.165, 1.54) is 0 Å². The highest BCUT2D eigenvalue weighted by Crippen LogP contribution is 2.39. The van der Waals surface area contributed by atoms with Crippen LogP contribution in [0.15, 0.2) is 24.3 Å². The number of amides is 1. The molecule has 0 radical (unpaired) electrons. The number of hydrogen-bond donors (Lipinski definition) is 1. The molecule has 1 aliphatic rings. The zero-order chi connectivity index (χ0) is 14.7. The van der Waals surface area contributed by atoms with E-state index in [9.17, 15) is 14.7 Å². The number of benzene rings is 1. The number of piperidine rings is 1. The molecule has 108 valence electrons. The summed E-state index contributed by atoms with van der Waals surface area (Å²) in [6.07, 6.45) is 1.45. The first-order valence-electron chi connectivity index (χ1n) is 6.83. The van der Waals surface area contributed by atoms with Crippen LogP contribution in [0.25, 0.3) is 0 Å². The Hall–Kier alpha value is -1.55. The Labute approximate surface area is 123 Å². The normalized spacial score (nSPS) is 22.9. The topological polar surface area (TPSA) is 57.6 Å². The molecule has 5 heteroatoms. The number of nitrogens with zero attached hydrogens (tertiary/aromatic N) is 1. The number of carboxylic acid groups (broad SMARTS) is 1. The Balaban J connectivity index is 2.46. The van der Waals surface area contributed by atoms with E-state index in [0.29, 0.717) is 18.0 Å². The van der Waals surface area contributed by atoms with E-state index in [2.05, 4.69) is 0 Å². The molecule has 0 aliphatic carbocycles. The number of likely N-dealkylation sites (tertiary alicyclic amines) is 1. The van der Waals surface area contributed by atoms with Gasteiger partial charge >= 0.3 is 5.97 Å². The molecule has 1 heterocycles. The lowest BCUT2D eigenvalue weighted by atomic mass is 9.84. The fourth-order valence-electron chi connectivity index (χ4n) is 2.82. The predicted octanol–water partition coefficient (Wildman–Crippen LogP) is 3.11. The molecule has 4 nitrogen and oxygen atoms in total. The number of carbonyl (C=O) groups is 2. The van der Waals surface area contributed by atoms with Crippen molar-refractivity contribution >= 4 is 23.5 Å². The predicted molar refractivity (Wildman–Crippen MR) is 76.6 cm³/mol. The van der Waals surface area contributed by atoms with Crippen molar-refractivity contribution in [2.24, 2.45) is 5.92 Å². The Bertz CT molecular complexity index is 518. The van der Waals surface area contributed by atoms with Crippen molar-refractivity contribution < 1.29 is 14.7 Å². The van der Waals surface area contributed by atoms with Crippen LogP contribution in [-0.4, -0.2) is 28.4 Å². The molecule has 0 aromatic heterocycles. The maximum Gasteiger partial charge on any atom is 0.308 e. The fourth-order valence-corrected chi connectivity index (χ4v) is 3.06. The Morgan fingerprint density at radius 2 is 2.15 bits per heavy atom. The van der Waals surface area contributed by atoms with Crippen molar-refractivity contribution in [3.63, 3.8) is 0 Å². The van der Waals surface area contributed by atoms with Crippen LogP contribution in [0.5, 0.6) is 0 Å².